The van der Waals surface area contributed by atoms with Crippen LogP contribution in [0.25, 0.3) is 0 Å². The first kappa shape index (κ1) is 10.6. The number of carbonyl (C=O) groups is 1. The van der Waals surface area contributed by atoms with Crippen LogP contribution >= 0.6 is 11.8 Å². The maximum atomic E-state index is 11.3. The Morgan fingerprint density at radius 3 is 3.08 bits per heavy atom. The van der Waals surface area contributed by atoms with Crippen LogP contribution in [-0.4, -0.2) is 23.1 Å². The van der Waals surface area contributed by atoms with Crippen LogP contribution in [0.1, 0.15) is 26.7 Å². The van der Waals surface area contributed by atoms with Gasteiger partial charge in [0, 0.05) is 17.4 Å². The molecule has 0 aliphatic carbocycles. The summed E-state index contributed by atoms with van der Waals surface area (Å²) in [6.45, 7) is 3.92. The average Bonchev–Trinajstić information content (AvgIpc) is 2.65. The van der Waals surface area contributed by atoms with Gasteiger partial charge < -0.3 is 0 Å². The van der Waals surface area contributed by atoms with Crippen LogP contribution in [-0.2, 0) is 4.79 Å². The molecular weight excluding hydrogens is 184 g/mol. The summed E-state index contributed by atoms with van der Waals surface area (Å²) in [5, 5.41) is 4.09. The number of hydrogen-bond acceptors (Lipinski definition) is 3. The minimum absolute atomic E-state index is 0.0342. The number of hydrazone groups is 1. The lowest BCUT2D eigenvalue weighted by atomic mass is 10.1. The molecular formula is C9H16N2OS. The smallest absolute Gasteiger partial charge is 0.242 e. The molecule has 3 nitrogen and oxygen atoms in total. The van der Waals surface area contributed by atoms with Crippen molar-refractivity contribution >= 4 is 23.4 Å². The number of nitrogens with zero attached hydrogens (tertiary/aromatic N) is 1. The molecule has 0 radical (unpaired) electrons. The molecule has 1 rings (SSSR count). The number of amides is 1. The van der Waals surface area contributed by atoms with Crippen molar-refractivity contribution in [2.45, 2.75) is 26.7 Å². The van der Waals surface area contributed by atoms with Gasteiger partial charge in [-0.3, -0.25) is 4.79 Å². The first-order chi connectivity index (χ1) is 6.24. The Morgan fingerprint density at radius 1 is 1.77 bits per heavy atom. The molecule has 0 spiro atoms. The molecule has 0 saturated carbocycles. The quantitative estimate of drug-likeness (QED) is 0.704. The van der Waals surface area contributed by atoms with Crippen molar-refractivity contribution in [3.05, 3.63) is 0 Å². The van der Waals surface area contributed by atoms with Crippen LogP contribution in [0.15, 0.2) is 5.10 Å². The van der Waals surface area contributed by atoms with Crippen LogP contribution < -0.4 is 5.43 Å². The third-order valence-electron chi connectivity index (χ3n) is 2.19. The third-order valence-corrected chi connectivity index (χ3v) is 3.22. The summed E-state index contributed by atoms with van der Waals surface area (Å²) in [4.78, 5) is 11.3. The normalized spacial score (nSPS) is 21.8. The molecule has 0 aromatic heterocycles. The summed E-state index contributed by atoms with van der Waals surface area (Å²) in [6.07, 6.45) is 1.89. The second kappa shape index (κ2) is 5.27. The molecule has 0 aromatic carbocycles. The third kappa shape index (κ3) is 3.38. The lowest BCUT2D eigenvalue weighted by molar-refractivity contribution is -0.124. The van der Waals surface area contributed by atoms with Crippen LogP contribution in [0, 0.1) is 5.92 Å². The van der Waals surface area contributed by atoms with E-state index in [1.54, 1.807) is 0 Å². The zero-order valence-corrected chi connectivity index (χ0v) is 8.99. The molecule has 1 unspecified atom stereocenters. The molecule has 1 aliphatic rings. The van der Waals surface area contributed by atoms with Crippen molar-refractivity contribution in [2.24, 2.45) is 11.0 Å². The fourth-order valence-corrected chi connectivity index (χ4v) is 1.94. The highest BCUT2D eigenvalue weighted by Gasteiger charge is 2.11. The molecule has 1 fully saturated rings. The van der Waals surface area contributed by atoms with Gasteiger partial charge in [0.1, 0.15) is 0 Å². The van der Waals surface area contributed by atoms with Gasteiger partial charge in [0.25, 0.3) is 0 Å². The van der Waals surface area contributed by atoms with Gasteiger partial charge in [-0.25, -0.2) is 5.43 Å². The average molecular weight is 200 g/mol. The Labute approximate surface area is 83.4 Å². The lowest BCUT2D eigenvalue weighted by Crippen LogP contribution is -2.25. The van der Waals surface area contributed by atoms with E-state index >= 15 is 0 Å². The minimum atomic E-state index is 0.0342. The van der Waals surface area contributed by atoms with Gasteiger partial charge >= 0.3 is 0 Å². The van der Waals surface area contributed by atoms with E-state index < -0.39 is 0 Å². The van der Waals surface area contributed by atoms with E-state index in [2.05, 4.69) is 10.5 Å². The SMILES string of the molecule is CCC(C)C(=O)N/N=C1/CCSC1. The topological polar surface area (TPSA) is 41.5 Å². The van der Waals surface area contributed by atoms with Crippen molar-refractivity contribution in [3.63, 3.8) is 0 Å². The van der Waals surface area contributed by atoms with Gasteiger partial charge in [-0.1, -0.05) is 13.8 Å². The Hall–Kier alpha value is -0.510. The second-order valence-corrected chi connectivity index (χ2v) is 4.37. The molecule has 1 aliphatic heterocycles. The molecule has 13 heavy (non-hydrogen) atoms. The van der Waals surface area contributed by atoms with E-state index in [1.807, 2.05) is 25.6 Å². The number of nitrogens with one attached hydrogen (secondary N) is 1. The maximum Gasteiger partial charge on any atom is 0.242 e. The van der Waals surface area contributed by atoms with Gasteiger partial charge in [-0.05, 0) is 18.6 Å². The Morgan fingerprint density at radius 2 is 2.54 bits per heavy atom. The van der Waals surface area contributed by atoms with Crippen molar-refractivity contribution in [1.82, 2.24) is 5.43 Å². The van der Waals surface area contributed by atoms with Gasteiger partial charge in [0.05, 0.1) is 0 Å². The van der Waals surface area contributed by atoms with E-state index in [1.165, 1.54) is 0 Å². The van der Waals surface area contributed by atoms with E-state index in [4.69, 9.17) is 0 Å². The number of hydrogen-bond donors (Lipinski definition) is 1. The number of thioether (sulfide) groups is 1. The van der Waals surface area contributed by atoms with E-state index in [0.29, 0.717) is 0 Å². The first-order valence-corrected chi connectivity index (χ1v) is 5.82. The molecule has 1 atom stereocenters. The molecule has 4 heteroatoms. The minimum Gasteiger partial charge on any atom is -0.273 e. The van der Waals surface area contributed by atoms with Gasteiger partial charge in [0.2, 0.25) is 5.91 Å². The van der Waals surface area contributed by atoms with Gasteiger partial charge in [-0.2, -0.15) is 16.9 Å². The van der Waals surface area contributed by atoms with Crippen molar-refractivity contribution in [3.8, 4) is 0 Å². The molecule has 74 valence electrons. The highest BCUT2D eigenvalue weighted by atomic mass is 32.2. The van der Waals surface area contributed by atoms with Crippen LogP contribution in [0.4, 0.5) is 0 Å². The summed E-state index contributed by atoms with van der Waals surface area (Å²) >= 11 is 1.87. The summed E-state index contributed by atoms with van der Waals surface area (Å²) < 4.78 is 0. The summed E-state index contributed by atoms with van der Waals surface area (Å²) in [5.74, 6) is 2.21. The second-order valence-electron chi connectivity index (χ2n) is 3.27. The molecule has 1 saturated heterocycles. The van der Waals surface area contributed by atoms with Crippen LogP contribution in [0.2, 0.25) is 0 Å². The number of rotatable bonds is 3. The van der Waals surface area contributed by atoms with Crippen molar-refractivity contribution in [1.29, 1.82) is 0 Å². The van der Waals surface area contributed by atoms with Crippen molar-refractivity contribution < 1.29 is 4.79 Å². The van der Waals surface area contributed by atoms with E-state index in [9.17, 15) is 4.79 Å². The summed E-state index contributed by atoms with van der Waals surface area (Å²) in [7, 11) is 0. The largest absolute Gasteiger partial charge is 0.273 e. The maximum absolute atomic E-state index is 11.3. The molecule has 1 heterocycles. The lowest BCUT2D eigenvalue weighted by Gasteiger charge is -2.05. The zero-order chi connectivity index (χ0) is 9.68. The Bertz CT molecular complexity index is 208. The fraction of sp³-hybridized carbons (Fsp3) is 0.778. The zero-order valence-electron chi connectivity index (χ0n) is 8.17. The van der Waals surface area contributed by atoms with Crippen LogP contribution in [0.3, 0.4) is 0 Å². The number of carbonyl (C=O) groups excluding carboxylic acids is 1. The van der Waals surface area contributed by atoms with Crippen LogP contribution in [0.5, 0.6) is 0 Å². The molecule has 0 aromatic rings. The first-order valence-electron chi connectivity index (χ1n) is 4.67. The molecule has 0 bridgehead atoms. The highest BCUT2D eigenvalue weighted by molar-refractivity contribution is 8.00. The fourth-order valence-electron chi connectivity index (χ4n) is 0.970. The summed E-state index contributed by atoms with van der Waals surface area (Å²) in [5.41, 5.74) is 3.72. The highest BCUT2D eigenvalue weighted by Crippen LogP contribution is 2.13. The Kier molecular flexibility index (Phi) is 4.28. The molecule has 1 amide bonds. The van der Waals surface area contributed by atoms with E-state index in [0.717, 1.165) is 30.1 Å². The monoisotopic (exact) mass is 200 g/mol. The van der Waals surface area contributed by atoms with E-state index in [-0.39, 0.29) is 11.8 Å². The summed E-state index contributed by atoms with van der Waals surface area (Å²) in [6, 6.07) is 0. The predicted molar refractivity (Wildman–Crippen MR) is 57.0 cm³/mol. The Balaban J connectivity index is 2.32. The van der Waals surface area contributed by atoms with Gasteiger partial charge in [-0.15, -0.1) is 0 Å². The van der Waals surface area contributed by atoms with Crippen molar-refractivity contribution in [2.75, 3.05) is 11.5 Å². The standard InChI is InChI=1S/C9H16N2OS/c1-3-7(2)9(12)11-10-8-4-5-13-6-8/h7H,3-6H2,1-2H3,(H,11,12)/b10-8-. The van der Waals surface area contributed by atoms with Gasteiger partial charge in [0.15, 0.2) is 0 Å². The predicted octanol–water partition coefficient (Wildman–Crippen LogP) is 1.64. The molecule has 1 N–H and O–H groups in total.